The minimum absolute atomic E-state index is 0.182. The molecule has 2 aliphatic rings. The third-order valence-corrected chi connectivity index (χ3v) is 5.42. The molecular weight excluding hydrogens is 250 g/mol. The predicted octanol–water partition coefficient (Wildman–Crippen LogP) is 1.90. The molecular formula is C16H31N3O. The minimum atomic E-state index is -0.291. The van der Waals surface area contributed by atoms with Crippen LogP contribution in [0.4, 0.5) is 0 Å². The van der Waals surface area contributed by atoms with E-state index in [1.54, 1.807) is 0 Å². The number of amides is 1. The Morgan fingerprint density at radius 3 is 2.40 bits per heavy atom. The Morgan fingerprint density at radius 1 is 1.20 bits per heavy atom. The summed E-state index contributed by atoms with van der Waals surface area (Å²) in [5.41, 5.74) is -0.109. The Hall–Kier alpha value is -0.610. The molecule has 1 heterocycles. The molecule has 1 amide bonds. The Morgan fingerprint density at radius 2 is 1.90 bits per heavy atom. The van der Waals surface area contributed by atoms with E-state index in [9.17, 15) is 4.79 Å². The van der Waals surface area contributed by atoms with E-state index >= 15 is 0 Å². The van der Waals surface area contributed by atoms with E-state index in [1.807, 2.05) is 0 Å². The van der Waals surface area contributed by atoms with Gasteiger partial charge in [-0.15, -0.1) is 0 Å². The largest absolute Gasteiger partial charge is 0.353 e. The van der Waals surface area contributed by atoms with Crippen LogP contribution in [-0.2, 0) is 4.79 Å². The maximum Gasteiger partial charge on any atom is 0.240 e. The van der Waals surface area contributed by atoms with Crippen molar-refractivity contribution in [2.45, 2.75) is 69.4 Å². The molecule has 4 heteroatoms. The van der Waals surface area contributed by atoms with Crippen molar-refractivity contribution in [1.82, 2.24) is 15.5 Å². The zero-order chi connectivity index (χ0) is 14.6. The van der Waals surface area contributed by atoms with Gasteiger partial charge in [0, 0.05) is 12.1 Å². The molecule has 0 aromatic carbocycles. The summed E-state index contributed by atoms with van der Waals surface area (Å²) in [5.74, 6) is 0.227. The Kier molecular flexibility index (Phi) is 5.08. The number of hydrogen-bond donors (Lipinski definition) is 2. The maximum atomic E-state index is 12.7. The molecule has 0 aromatic heterocycles. The summed E-state index contributed by atoms with van der Waals surface area (Å²) < 4.78 is 0. The predicted molar refractivity (Wildman–Crippen MR) is 82.8 cm³/mol. The summed E-state index contributed by atoms with van der Waals surface area (Å²) in [4.78, 5) is 15.0. The lowest BCUT2D eigenvalue weighted by Crippen LogP contribution is -2.58. The van der Waals surface area contributed by atoms with E-state index in [0.717, 1.165) is 38.8 Å². The molecule has 1 unspecified atom stereocenters. The van der Waals surface area contributed by atoms with Crippen molar-refractivity contribution in [3.8, 4) is 0 Å². The first-order valence-electron chi connectivity index (χ1n) is 8.25. The highest BCUT2D eigenvalue weighted by Gasteiger charge is 2.42. The number of nitrogens with one attached hydrogen (secondary N) is 2. The molecule has 1 aliphatic heterocycles. The van der Waals surface area contributed by atoms with Gasteiger partial charge in [0.25, 0.3) is 0 Å². The van der Waals surface area contributed by atoms with Gasteiger partial charge in [-0.1, -0.05) is 26.2 Å². The van der Waals surface area contributed by atoms with E-state index in [4.69, 9.17) is 0 Å². The summed E-state index contributed by atoms with van der Waals surface area (Å²) >= 11 is 0. The van der Waals surface area contributed by atoms with Gasteiger partial charge < -0.3 is 15.5 Å². The van der Waals surface area contributed by atoms with Crippen molar-refractivity contribution < 1.29 is 4.79 Å². The molecule has 0 bridgehead atoms. The molecule has 1 saturated heterocycles. The van der Waals surface area contributed by atoms with Crippen LogP contribution < -0.4 is 10.6 Å². The Labute approximate surface area is 123 Å². The van der Waals surface area contributed by atoms with E-state index in [2.05, 4.69) is 36.6 Å². The Balaban J connectivity index is 1.96. The van der Waals surface area contributed by atoms with Gasteiger partial charge in [0.05, 0.1) is 5.54 Å². The van der Waals surface area contributed by atoms with Gasteiger partial charge in [0.15, 0.2) is 0 Å². The van der Waals surface area contributed by atoms with Crippen LogP contribution in [0.3, 0.4) is 0 Å². The third-order valence-electron chi connectivity index (χ3n) is 5.42. The lowest BCUT2D eigenvalue weighted by molar-refractivity contribution is -0.128. The fraction of sp³-hybridized carbons (Fsp3) is 0.938. The van der Waals surface area contributed by atoms with E-state index in [-0.39, 0.29) is 17.0 Å². The molecule has 1 atom stereocenters. The van der Waals surface area contributed by atoms with Crippen molar-refractivity contribution in [3.63, 3.8) is 0 Å². The van der Waals surface area contributed by atoms with Crippen LogP contribution >= 0.6 is 0 Å². The van der Waals surface area contributed by atoms with E-state index in [0.29, 0.717) is 0 Å². The first-order chi connectivity index (χ1) is 9.55. The second kappa shape index (κ2) is 6.44. The van der Waals surface area contributed by atoms with Crippen LogP contribution in [0.25, 0.3) is 0 Å². The number of nitrogens with zero attached hydrogens (tertiary/aromatic N) is 1. The average Bonchev–Trinajstić information content (AvgIpc) is 3.06. The van der Waals surface area contributed by atoms with Crippen molar-refractivity contribution in [3.05, 3.63) is 0 Å². The normalized spacial score (nSPS) is 29.0. The number of likely N-dealkylation sites (N-methyl/N-ethyl adjacent to an activating group) is 1. The fourth-order valence-corrected chi connectivity index (χ4v) is 3.98. The molecule has 20 heavy (non-hydrogen) atoms. The van der Waals surface area contributed by atoms with Crippen LogP contribution in [0.2, 0.25) is 0 Å². The van der Waals surface area contributed by atoms with Crippen molar-refractivity contribution in [2.75, 3.05) is 27.2 Å². The second-order valence-electron chi connectivity index (χ2n) is 6.87. The van der Waals surface area contributed by atoms with Gasteiger partial charge in [0.1, 0.15) is 0 Å². The summed E-state index contributed by atoms with van der Waals surface area (Å²) in [6.07, 6.45) is 9.09. The molecule has 116 valence electrons. The minimum Gasteiger partial charge on any atom is -0.353 e. The lowest BCUT2D eigenvalue weighted by atomic mass is 9.89. The van der Waals surface area contributed by atoms with Gasteiger partial charge in [-0.05, 0) is 52.7 Å². The summed E-state index contributed by atoms with van der Waals surface area (Å²) in [6, 6.07) is 0. The molecule has 2 rings (SSSR count). The number of hydrogen-bond acceptors (Lipinski definition) is 3. The van der Waals surface area contributed by atoms with Crippen LogP contribution in [0.15, 0.2) is 0 Å². The quantitative estimate of drug-likeness (QED) is 0.781. The smallest absolute Gasteiger partial charge is 0.240 e. The third kappa shape index (κ3) is 3.01. The fourth-order valence-electron chi connectivity index (χ4n) is 3.98. The van der Waals surface area contributed by atoms with Crippen molar-refractivity contribution >= 4 is 5.91 Å². The highest BCUT2D eigenvalue weighted by Crippen LogP contribution is 2.33. The summed E-state index contributed by atoms with van der Waals surface area (Å²) in [5, 5.41) is 6.73. The highest BCUT2D eigenvalue weighted by molar-refractivity contribution is 5.86. The molecule has 2 fully saturated rings. The van der Waals surface area contributed by atoms with Gasteiger partial charge >= 0.3 is 0 Å². The summed E-state index contributed by atoms with van der Waals surface area (Å²) in [6.45, 7) is 3.94. The zero-order valence-corrected chi connectivity index (χ0v) is 13.4. The average molecular weight is 281 g/mol. The number of carbonyl (C=O) groups is 1. The van der Waals surface area contributed by atoms with Crippen LogP contribution in [-0.4, -0.2) is 49.1 Å². The molecule has 0 spiro atoms. The van der Waals surface area contributed by atoms with Crippen LogP contribution in [0.1, 0.15) is 58.3 Å². The number of rotatable bonds is 6. The SMILES string of the molecule is CCCC1(C(=O)NCC2(N(C)C)CCCC2)CCCN1. The van der Waals surface area contributed by atoms with Gasteiger partial charge in [-0.25, -0.2) is 0 Å². The molecule has 1 saturated carbocycles. The molecule has 0 aromatic rings. The topological polar surface area (TPSA) is 44.4 Å². The van der Waals surface area contributed by atoms with E-state index < -0.39 is 0 Å². The molecule has 4 nitrogen and oxygen atoms in total. The standard InChI is InChI=1S/C16H31N3O/c1-4-8-16(11-7-12-18-16)14(20)17-13-15(19(2)3)9-5-6-10-15/h18H,4-13H2,1-3H3,(H,17,20). The van der Waals surface area contributed by atoms with Gasteiger partial charge in [0.2, 0.25) is 5.91 Å². The van der Waals surface area contributed by atoms with Crippen molar-refractivity contribution in [1.29, 1.82) is 0 Å². The lowest BCUT2D eigenvalue weighted by Gasteiger charge is -2.38. The molecule has 1 aliphatic carbocycles. The van der Waals surface area contributed by atoms with Gasteiger partial charge in [-0.3, -0.25) is 4.79 Å². The highest BCUT2D eigenvalue weighted by atomic mass is 16.2. The zero-order valence-electron chi connectivity index (χ0n) is 13.4. The molecule has 0 radical (unpaired) electrons. The first kappa shape index (κ1) is 15.8. The maximum absolute atomic E-state index is 12.7. The van der Waals surface area contributed by atoms with Crippen LogP contribution in [0, 0.1) is 0 Å². The number of carbonyl (C=O) groups excluding carboxylic acids is 1. The Bertz CT molecular complexity index is 329. The van der Waals surface area contributed by atoms with Crippen LogP contribution in [0.5, 0.6) is 0 Å². The first-order valence-corrected chi connectivity index (χ1v) is 8.25. The summed E-state index contributed by atoms with van der Waals surface area (Å²) in [7, 11) is 4.29. The second-order valence-corrected chi connectivity index (χ2v) is 6.87. The molecule has 2 N–H and O–H groups in total. The monoisotopic (exact) mass is 281 g/mol. The van der Waals surface area contributed by atoms with Crippen molar-refractivity contribution in [2.24, 2.45) is 0 Å². The van der Waals surface area contributed by atoms with E-state index in [1.165, 1.54) is 25.7 Å². The van der Waals surface area contributed by atoms with Gasteiger partial charge in [-0.2, -0.15) is 0 Å².